The van der Waals surface area contributed by atoms with Crippen molar-refractivity contribution in [3.63, 3.8) is 0 Å². The highest BCUT2D eigenvalue weighted by molar-refractivity contribution is 5.92. The van der Waals surface area contributed by atoms with E-state index in [2.05, 4.69) is 10.4 Å². The Hall–Kier alpha value is -3.03. The number of benzene rings is 1. The van der Waals surface area contributed by atoms with Crippen LogP contribution in [-0.4, -0.2) is 20.7 Å². The molecule has 3 rings (SSSR count). The Kier molecular flexibility index (Phi) is 4.35. The van der Waals surface area contributed by atoms with Crippen molar-refractivity contribution in [3.8, 4) is 5.69 Å². The molecule has 25 heavy (non-hydrogen) atoms. The fraction of sp³-hybridized carbons (Fsp3) is 0.176. The predicted octanol–water partition coefficient (Wildman–Crippen LogP) is 3.71. The predicted molar refractivity (Wildman–Crippen MR) is 85.2 cm³/mol. The number of hydrogen-bond donors (Lipinski definition) is 2. The van der Waals surface area contributed by atoms with Crippen LogP contribution in [-0.2, 0) is 6.18 Å². The smallest absolute Gasteiger partial charge is 0.344 e. The molecule has 0 saturated heterocycles. The molecule has 0 aliphatic heterocycles. The van der Waals surface area contributed by atoms with Crippen molar-refractivity contribution in [1.82, 2.24) is 20.1 Å². The van der Waals surface area contributed by atoms with Crippen molar-refractivity contribution in [1.29, 1.82) is 0 Å². The molecule has 0 saturated carbocycles. The lowest BCUT2D eigenvalue weighted by Gasteiger charge is -2.14. The second-order valence-corrected chi connectivity index (χ2v) is 5.54. The first kappa shape index (κ1) is 16.8. The molecule has 2 aromatic heterocycles. The number of hydrogen-bond acceptors (Lipinski definition) is 2. The van der Waals surface area contributed by atoms with Crippen LogP contribution in [0, 0.1) is 0 Å². The second-order valence-electron chi connectivity index (χ2n) is 5.54. The summed E-state index contributed by atoms with van der Waals surface area (Å²) in [6, 6.07) is 11.6. The highest BCUT2D eigenvalue weighted by atomic mass is 19.4. The lowest BCUT2D eigenvalue weighted by atomic mass is 10.1. The number of aromatic nitrogens is 3. The van der Waals surface area contributed by atoms with Gasteiger partial charge in [0.15, 0.2) is 5.69 Å². The monoisotopic (exact) mass is 348 g/mol. The molecular formula is C17H15F3N4O. The largest absolute Gasteiger partial charge is 0.432 e. The highest BCUT2D eigenvalue weighted by Gasteiger charge is 2.33. The summed E-state index contributed by atoms with van der Waals surface area (Å²) >= 11 is 0. The molecule has 0 spiro atoms. The molecule has 2 N–H and O–H groups in total. The van der Waals surface area contributed by atoms with Crippen LogP contribution >= 0.6 is 0 Å². The number of H-pyrrole nitrogens is 1. The Morgan fingerprint density at radius 3 is 2.40 bits per heavy atom. The second kappa shape index (κ2) is 6.46. The van der Waals surface area contributed by atoms with E-state index in [1.165, 1.54) is 0 Å². The lowest BCUT2D eigenvalue weighted by Crippen LogP contribution is -2.27. The number of aromatic amines is 1. The van der Waals surface area contributed by atoms with Gasteiger partial charge >= 0.3 is 6.18 Å². The fourth-order valence-corrected chi connectivity index (χ4v) is 2.38. The summed E-state index contributed by atoms with van der Waals surface area (Å²) in [6.45, 7) is 1.75. The van der Waals surface area contributed by atoms with Crippen LogP contribution in [0.15, 0.2) is 54.9 Å². The van der Waals surface area contributed by atoms with Gasteiger partial charge < -0.3 is 9.88 Å². The zero-order valence-electron chi connectivity index (χ0n) is 13.2. The highest BCUT2D eigenvalue weighted by Crippen LogP contribution is 2.27. The maximum absolute atomic E-state index is 12.5. The maximum atomic E-state index is 12.5. The molecule has 0 fully saturated rings. The first-order chi connectivity index (χ1) is 11.8. The van der Waals surface area contributed by atoms with Gasteiger partial charge in [0.05, 0.1) is 6.04 Å². The van der Waals surface area contributed by atoms with Crippen molar-refractivity contribution in [2.75, 3.05) is 0 Å². The van der Waals surface area contributed by atoms with Crippen molar-refractivity contribution in [2.45, 2.75) is 19.1 Å². The zero-order chi connectivity index (χ0) is 18.0. The van der Waals surface area contributed by atoms with Gasteiger partial charge in [0.2, 0.25) is 0 Å². The summed E-state index contributed by atoms with van der Waals surface area (Å²) in [4.78, 5) is 12.1. The summed E-state index contributed by atoms with van der Waals surface area (Å²) in [5.41, 5.74) is 0.440. The molecule has 1 amide bonds. The van der Waals surface area contributed by atoms with E-state index in [-0.39, 0.29) is 11.7 Å². The van der Waals surface area contributed by atoms with Crippen LogP contribution < -0.4 is 5.32 Å². The van der Waals surface area contributed by atoms with Crippen LogP contribution in [0.4, 0.5) is 13.2 Å². The molecule has 3 aromatic rings. The third-order valence-corrected chi connectivity index (χ3v) is 3.76. The Labute approximate surface area is 141 Å². The summed E-state index contributed by atoms with van der Waals surface area (Å²) in [6.07, 6.45) is -0.739. The van der Waals surface area contributed by atoms with Gasteiger partial charge in [0.1, 0.15) is 5.69 Å². The summed E-state index contributed by atoms with van der Waals surface area (Å²) in [5, 5.41) is 7.88. The average molecular weight is 348 g/mol. The van der Waals surface area contributed by atoms with E-state index < -0.39 is 17.8 Å². The molecule has 1 atom stereocenters. The van der Waals surface area contributed by atoms with Crippen molar-refractivity contribution in [3.05, 3.63) is 71.8 Å². The number of nitrogens with one attached hydrogen (secondary N) is 2. The number of nitrogens with zero attached hydrogens (tertiary/aromatic N) is 2. The Morgan fingerprint density at radius 1 is 1.20 bits per heavy atom. The number of alkyl halides is 3. The van der Waals surface area contributed by atoms with Gasteiger partial charge in [-0.2, -0.15) is 18.3 Å². The van der Waals surface area contributed by atoms with Gasteiger partial charge in [-0.25, -0.2) is 0 Å². The molecule has 130 valence electrons. The van der Waals surface area contributed by atoms with E-state index in [1.807, 2.05) is 58.5 Å². The minimum Gasteiger partial charge on any atom is -0.344 e. The molecule has 1 aromatic carbocycles. The van der Waals surface area contributed by atoms with Gasteiger partial charge in [0.25, 0.3) is 5.91 Å². The van der Waals surface area contributed by atoms with E-state index in [9.17, 15) is 18.0 Å². The van der Waals surface area contributed by atoms with Gasteiger partial charge in [-0.15, -0.1) is 0 Å². The van der Waals surface area contributed by atoms with Crippen LogP contribution in [0.3, 0.4) is 0 Å². The normalized spacial score (nSPS) is 12.8. The average Bonchev–Trinajstić information content (AvgIpc) is 3.26. The lowest BCUT2D eigenvalue weighted by molar-refractivity contribution is -0.141. The number of carbonyl (C=O) groups excluding carboxylic acids is 1. The summed E-state index contributed by atoms with van der Waals surface area (Å²) < 4.78 is 39.6. The van der Waals surface area contributed by atoms with Crippen LogP contribution in [0.2, 0.25) is 0 Å². The van der Waals surface area contributed by atoms with E-state index in [4.69, 9.17) is 0 Å². The number of carbonyl (C=O) groups is 1. The molecule has 0 bridgehead atoms. The number of halogens is 3. The first-order valence-electron chi connectivity index (χ1n) is 7.51. The summed E-state index contributed by atoms with van der Waals surface area (Å²) in [7, 11) is 0. The van der Waals surface area contributed by atoms with Crippen LogP contribution in [0.25, 0.3) is 5.69 Å². The Morgan fingerprint density at radius 2 is 1.84 bits per heavy atom. The first-order valence-corrected chi connectivity index (χ1v) is 7.51. The quantitative estimate of drug-likeness (QED) is 0.755. The number of amides is 1. The maximum Gasteiger partial charge on any atom is 0.432 e. The molecule has 0 radical (unpaired) electrons. The van der Waals surface area contributed by atoms with E-state index in [0.29, 0.717) is 6.07 Å². The Bertz CT molecular complexity index is 851. The topological polar surface area (TPSA) is 62.7 Å². The van der Waals surface area contributed by atoms with E-state index in [1.54, 1.807) is 6.92 Å². The molecule has 0 aliphatic carbocycles. The molecule has 2 heterocycles. The van der Waals surface area contributed by atoms with E-state index >= 15 is 0 Å². The van der Waals surface area contributed by atoms with Crippen molar-refractivity contribution in [2.24, 2.45) is 0 Å². The molecule has 5 nitrogen and oxygen atoms in total. The minimum atomic E-state index is -4.56. The van der Waals surface area contributed by atoms with Crippen molar-refractivity contribution < 1.29 is 18.0 Å². The third-order valence-electron chi connectivity index (χ3n) is 3.76. The van der Waals surface area contributed by atoms with Crippen LogP contribution in [0.1, 0.15) is 34.7 Å². The third kappa shape index (κ3) is 3.73. The fourth-order valence-electron chi connectivity index (χ4n) is 2.38. The van der Waals surface area contributed by atoms with Gasteiger partial charge in [-0.1, -0.05) is 12.1 Å². The SMILES string of the molecule is CC(NC(=O)c1cc(C(F)(F)F)[nH]n1)c1ccc(-n2cccc2)cc1. The summed E-state index contributed by atoms with van der Waals surface area (Å²) in [5.74, 6) is -0.672. The molecular weight excluding hydrogens is 333 g/mol. The number of rotatable bonds is 4. The van der Waals surface area contributed by atoms with Gasteiger partial charge in [-0.3, -0.25) is 9.89 Å². The van der Waals surface area contributed by atoms with Crippen LogP contribution in [0.5, 0.6) is 0 Å². The minimum absolute atomic E-state index is 0.303. The molecule has 1 unspecified atom stereocenters. The molecule has 0 aliphatic rings. The molecule has 8 heteroatoms. The van der Waals surface area contributed by atoms with Crippen molar-refractivity contribution >= 4 is 5.91 Å². The Balaban J connectivity index is 1.68. The van der Waals surface area contributed by atoms with E-state index in [0.717, 1.165) is 11.3 Å². The standard InChI is InChI=1S/C17H15F3N4O/c1-11(12-4-6-13(7-5-12)24-8-2-3-9-24)21-16(25)14-10-15(23-22-14)17(18,19)20/h2-11H,1H3,(H,21,25)(H,22,23). The van der Waals surface area contributed by atoms with Gasteiger partial charge in [-0.05, 0) is 36.8 Å². The zero-order valence-corrected chi connectivity index (χ0v) is 13.2. The van der Waals surface area contributed by atoms with Gasteiger partial charge in [0, 0.05) is 24.1 Å².